The quantitative estimate of drug-likeness (QED) is 0.814. The molecule has 1 aliphatic rings. The summed E-state index contributed by atoms with van der Waals surface area (Å²) in [7, 11) is 0. The Kier molecular flexibility index (Phi) is 2.56. The number of anilines is 1. The highest BCUT2D eigenvalue weighted by Crippen LogP contribution is 2.21. The molecule has 2 rings (SSSR count). The van der Waals surface area contributed by atoms with Gasteiger partial charge in [0.25, 0.3) is 0 Å². The molecule has 1 aromatic carbocycles. The van der Waals surface area contributed by atoms with E-state index in [0.717, 1.165) is 24.0 Å². The first kappa shape index (κ1) is 9.03. The fourth-order valence-electron chi connectivity index (χ4n) is 1.67. The molecule has 1 atom stereocenters. The summed E-state index contributed by atoms with van der Waals surface area (Å²) < 4.78 is 1.12. The molecule has 13 heavy (non-hydrogen) atoms. The highest BCUT2D eigenvalue weighted by atomic mass is 79.9. The number of benzene rings is 1. The van der Waals surface area contributed by atoms with Crippen molar-refractivity contribution < 1.29 is 0 Å². The lowest BCUT2D eigenvalue weighted by Crippen LogP contribution is -2.26. The molecule has 1 unspecified atom stereocenters. The van der Waals surface area contributed by atoms with Gasteiger partial charge in [-0.15, -0.1) is 0 Å². The maximum atomic E-state index is 5.84. The van der Waals surface area contributed by atoms with Crippen molar-refractivity contribution in [2.75, 3.05) is 18.0 Å². The zero-order valence-electron chi connectivity index (χ0n) is 7.41. The number of nitrogens with two attached hydrogens (primary N) is 1. The third-order valence-electron chi connectivity index (χ3n) is 2.42. The summed E-state index contributed by atoms with van der Waals surface area (Å²) in [6, 6.07) is 8.74. The molecule has 1 aromatic rings. The minimum atomic E-state index is 0.351. The van der Waals surface area contributed by atoms with Gasteiger partial charge in [-0.2, -0.15) is 0 Å². The molecule has 0 radical (unpaired) electrons. The summed E-state index contributed by atoms with van der Waals surface area (Å²) in [5.41, 5.74) is 7.12. The number of rotatable bonds is 1. The van der Waals surface area contributed by atoms with E-state index in [1.165, 1.54) is 5.69 Å². The first-order valence-electron chi connectivity index (χ1n) is 4.52. The van der Waals surface area contributed by atoms with E-state index >= 15 is 0 Å². The summed E-state index contributed by atoms with van der Waals surface area (Å²) in [6.45, 7) is 2.07. The molecule has 0 amide bonds. The second kappa shape index (κ2) is 3.68. The van der Waals surface area contributed by atoms with Crippen molar-refractivity contribution in [3.05, 3.63) is 28.7 Å². The Morgan fingerprint density at radius 1 is 1.31 bits per heavy atom. The first-order chi connectivity index (χ1) is 6.25. The second-order valence-corrected chi connectivity index (χ2v) is 4.39. The Labute approximate surface area is 86.9 Å². The van der Waals surface area contributed by atoms with Crippen molar-refractivity contribution >= 4 is 21.6 Å². The lowest BCUT2D eigenvalue weighted by Gasteiger charge is -2.17. The fraction of sp³-hybridized carbons (Fsp3) is 0.400. The van der Waals surface area contributed by atoms with Gasteiger partial charge in [0, 0.05) is 29.3 Å². The molecule has 1 aliphatic heterocycles. The van der Waals surface area contributed by atoms with Crippen LogP contribution in [0.5, 0.6) is 0 Å². The lowest BCUT2D eigenvalue weighted by atomic mass is 10.3. The van der Waals surface area contributed by atoms with Crippen molar-refractivity contribution in [2.24, 2.45) is 5.73 Å². The zero-order valence-corrected chi connectivity index (χ0v) is 9.00. The van der Waals surface area contributed by atoms with Crippen LogP contribution in [0.15, 0.2) is 28.7 Å². The van der Waals surface area contributed by atoms with Crippen LogP contribution >= 0.6 is 15.9 Å². The number of hydrogen-bond acceptors (Lipinski definition) is 2. The van der Waals surface area contributed by atoms with Crippen LogP contribution in [0.4, 0.5) is 5.69 Å². The third kappa shape index (κ3) is 2.03. The molecule has 0 bridgehead atoms. The molecule has 3 heteroatoms. The molecule has 1 heterocycles. The van der Waals surface area contributed by atoms with Gasteiger partial charge in [-0.05, 0) is 30.7 Å². The van der Waals surface area contributed by atoms with Crippen LogP contribution in [-0.2, 0) is 0 Å². The van der Waals surface area contributed by atoms with Crippen LogP contribution < -0.4 is 10.6 Å². The minimum absolute atomic E-state index is 0.351. The number of hydrogen-bond donors (Lipinski definition) is 1. The normalized spacial score (nSPS) is 22.3. The van der Waals surface area contributed by atoms with Gasteiger partial charge < -0.3 is 10.6 Å². The van der Waals surface area contributed by atoms with E-state index in [1.54, 1.807) is 0 Å². The van der Waals surface area contributed by atoms with Crippen LogP contribution in [-0.4, -0.2) is 19.1 Å². The number of nitrogens with zero attached hydrogens (tertiary/aromatic N) is 1. The highest BCUT2D eigenvalue weighted by Gasteiger charge is 2.18. The Hall–Kier alpha value is -0.540. The maximum Gasteiger partial charge on any atom is 0.0367 e. The molecule has 1 fully saturated rings. The number of halogens is 1. The molecule has 2 N–H and O–H groups in total. The van der Waals surface area contributed by atoms with E-state index < -0.39 is 0 Å². The van der Waals surface area contributed by atoms with E-state index in [9.17, 15) is 0 Å². The Bertz CT molecular complexity index is 283. The maximum absolute atomic E-state index is 5.84. The van der Waals surface area contributed by atoms with Gasteiger partial charge in [0.1, 0.15) is 0 Å². The first-order valence-corrected chi connectivity index (χ1v) is 5.31. The van der Waals surface area contributed by atoms with E-state index in [-0.39, 0.29) is 0 Å². The third-order valence-corrected chi connectivity index (χ3v) is 2.95. The van der Waals surface area contributed by atoms with E-state index in [1.807, 2.05) is 0 Å². The summed E-state index contributed by atoms with van der Waals surface area (Å²) in [5, 5.41) is 0. The standard InChI is InChI=1S/C10H13BrN2/c11-8-1-3-10(4-2-8)13-6-5-9(12)7-13/h1-4,9H,5-7,12H2. The largest absolute Gasteiger partial charge is 0.370 e. The van der Waals surface area contributed by atoms with Crippen LogP contribution in [0.2, 0.25) is 0 Å². The van der Waals surface area contributed by atoms with Gasteiger partial charge in [-0.25, -0.2) is 0 Å². The van der Waals surface area contributed by atoms with Gasteiger partial charge in [0.05, 0.1) is 0 Å². The van der Waals surface area contributed by atoms with Crippen LogP contribution in [0.1, 0.15) is 6.42 Å². The average Bonchev–Trinajstić information content (AvgIpc) is 2.53. The Morgan fingerprint density at radius 2 is 2.00 bits per heavy atom. The summed E-state index contributed by atoms with van der Waals surface area (Å²) in [5.74, 6) is 0. The topological polar surface area (TPSA) is 29.3 Å². The van der Waals surface area contributed by atoms with Crippen LogP contribution in [0, 0.1) is 0 Å². The van der Waals surface area contributed by atoms with Crippen molar-refractivity contribution in [3.63, 3.8) is 0 Å². The molecule has 2 nitrogen and oxygen atoms in total. The molecule has 0 aromatic heterocycles. The van der Waals surface area contributed by atoms with Crippen molar-refractivity contribution in [3.8, 4) is 0 Å². The molecule has 0 saturated carbocycles. The summed E-state index contributed by atoms with van der Waals surface area (Å²) in [6.07, 6.45) is 1.11. The average molecular weight is 241 g/mol. The van der Waals surface area contributed by atoms with Gasteiger partial charge in [0.15, 0.2) is 0 Å². The molecule has 70 valence electrons. The van der Waals surface area contributed by atoms with Gasteiger partial charge in [-0.3, -0.25) is 0 Å². The summed E-state index contributed by atoms with van der Waals surface area (Å²) in [4.78, 5) is 2.33. The Morgan fingerprint density at radius 3 is 2.54 bits per heavy atom. The van der Waals surface area contributed by atoms with E-state index in [4.69, 9.17) is 5.73 Å². The SMILES string of the molecule is NC1CCN(c2ccc(Br)cc2)C1. The molecule has 0 spiro atoms. The van der Waals surface area contributed by atoms with E-state index in [2.05, 4.69) is 45.1 Å². The monoisotopic (exact) mass is 240 g/mol. The predicted octanol–water partition coefficient (Wildman–Crippen LogP) is 1.99. The molecular formula is C10H13BrN2. The smallest absolute Gasteiger partial charge is 0.0367 e. The minimum Gasteiger partial charge on any atom is -0.370 e. The van der Waals surface area contributed by atoms with Crippen molar-refractivity contribution in [2.45, 2.75) is 12.5 Å². The van der Waals surface area contributed by atoms with Crippen molar-refractivity contribution in [1.29, 1.82) is 0 Å². The van der Waals surface area contributed by atoms with Crippen LogP contribution in [0.25, 0.3) is 0 Å². The summed E-state index contributed by atoms with van der Waals surface area (Å²) >= 11 is 3.42. The van der Waals surface area contributed by atoms with Crippen molar-refractivity contribution in [1.82, 2.24) is 0 Å². The van der Waals surface area contributed by atoms with Gasteiger partial charge >= 0.3 is 0 Å². The molecule has 0 aliphatic carbocycles. The molecular weight excluding hydrogens is 228 g/mol. The lowest BCUT2D eigenvalue weighted by molar-refractivity contribution is 0.752. The second-order valence-electron chi connectivity index (χ2n) is 3.47. The molecule has 1 saturated heterocycles. The zero-order chi connectivity index (χ0) is 9.26. The highest BCUT2D eigenvalue weighted by molar-refractivity contribution is 9.10. The predicted molar refractivity (Wildman–Crippen MR) is 58.9 cm³/mol. The fourth-order valence-corrected chi connectivity index (χ4v) is 1.94. The van der Waals surface area contributed by atoms with Gasteiger partial charge in [0.2, 0.25) is 0 Å². The Balaban J connectivity index is 2.13. The van der Waals surface area contributed by atoms with Crippen LogP contribution in [0.3, 0.4) is 0 Å². The van der Waals surface area contributed by atoms with Gasteiger partial charge in [-0.1, -0.05) is 15.9 Å². The van der Waals surface area contributed by atoms with E-state index in [0.29, 0.717) is 6.04 Å².